The van der Waals surface area contributed by atoms with Gasteiger partial charge < -0.3 is 24.3 Å². The Bertz CT molecular complexity index is 1180. The summed E-state index contributed by atoms with van der Waals surface area (Å²) in [5.74, 6) is 1.20. The lowest BCUT2D eigenvalue weighted by Crippen LogP contribution is -2.62. The van der Waals surface area contributed by atoms with Crippen molar-refractivity contribution in [1.29, 1.82) is 0 Å². The summed E-state index contributed by atoms with van der Waals surface area (Å²) < 4.78 is 11.3. The van der Waals surface area contributed by atoms with Crippen LogP contribution in [0.1, 0.15) is 22.9 Å². The fourth-order valence-electron chi connectivity index (χ4n) is 4.90. The quantitative estimate of drug-likeness (QED) is 0.693. The minimum atomic E-state index is -0.531. The molecule has 7 nitrogen and oxygen atoms in total. The average molecular weight is 389 g/mol. The molecule has 6 rings (SSSR count). The SMILES string of the molecule is CN1CC(=O)N2[C@@H](c3cccc4c3OCO4)c3[nH]c4ccccc4c3C[C@H]2C1=O. The molecule has 3 aliphatic heterocycles. The highest BCUT2D eigenvalue weighted by Crippen LogP contribution is 2.48. The third-order valence-electron chi connectivity index (χ3n) is 6.17. The van der Waals surface area contributed by atoms with Gasteiger partial charge in [0.25, 0.3) is 0 Å². The van der Waals surface area contributed by atoms with E-state index in [1.54, 1.807) is 11.9 Å². The molecule has 0 bridgehead atoms. The number of aromatic amines is 1. The first-order valence-electron chi connectivity index (χ1n) is 9.67. The van der Waals surface area contributed by atoms with Crippen LogP contribution in [0.15, 0.2) is 42.5 Å². The monoisotopic (exact) mass is 389 g/mol. The third-order valence-corrected chi connectivity index (χ3v) is 6.17. The van der Waals surface area contributed by atoms with Gasteiger partial charge in [-0.05, 0) is 17.7 Å². The van der Waals surface area contributed by atoms with Crippen LogP contribution in [0.2, 0.25) is 0 Å². The van der Waals surface area contributed by atoms with Gasteiger partial charge in [-0.1, -0.05) is 30.3 Å². The number of H-pyrrole nitrogens is 1. The van der Waals surface area contributed by atoms with E-state index >= 15 is 0 Å². The Kier molecular flexibility index (Phi) is 3.27. The predicted molar refractivity (Wildman–Crippen MR) is 105 cm³/mol. The van der Waals surface area contributed by atoms with Gasteiger partial charge in [-0.3, -0.25) is 9.59 Å². The lowest BCUT2D eigenvalue weighted by molar-refractivity contribution is -0.157. The van der Waals surface area contributed by atoms with Gasteiger partial charge >= 0.3 is 0 Å². The molecule has 4 heterocycles. The Morgan fingerprint density at radius 3 is 2.83 bits per heavy atom. The highest BCUT2D eigenvalue weighted by Gasteiger charge is 2.48. The molecule has 1 aromatic heterocycles. The second-order valence-electron chi connectivity index (χ2n) is 7.76. The van der Waals surface area contributed by atoms with E-state index in [1.165, 1.54) is 4.90 Å². The summed E-state index contributed by atoms with van der Waals surface area (Å²) in [6.45, 7) is 0.228. The zero-order chi connectivity index (χ0) is 19.7. The molecule has 146 valence electrons. The normalized spacial score (nSPS) is 22.8. The van der Waals surface area contributed by atoms with Crippen molar-refractivity contribution in [1.82, 2.24) is 14.8 Å². The van der Waals surface area contributed by atoms with Gasteiger partial charge in [0.2, 0.25) is 18.6 Å². The maximum atomic E-state index is 13.1. The number of hydrogen-bond acceptors (Lipinski definition) is 4. The number of fused-ring (bicyclic) bond motifs is 5. The van der Waals surface area contributed by atoms with Crippen LogP contribution in [0.5, 0.6) is 11.5 Å². The first-order valence-corrected chi connectivity index (χ1v) is 9.67. The van der Waals surface area contributed by atoms with Crippen molar-refractivity contribution in [3.8, 4) is 11.5 Å². The molecule has 0 saturated carbocycles. The second-order valence-corrected chi connectivity index (χ2v) is 7.76. The Labute approximate surface area is 166 Å². The fraction of sp³-hybridized carbons (Fsp3) is 0.273. The van der Waals surface area contributed by atoms with Gasteiger partial charge in [0.1, 0.15) is 12.1 Å². The number of amides is 2. The van der Waals surface area contributed by atoms with Gasteiger partial charge in [-0.2, -0.15) is 0 Å². The molecule has 0 radical (unpaired) electrons. The highest BCUT2D eigenvalue weighted by atomic mass is 16.7. The fourth-order valence-corrected chi connectivity index (χ4v) is 4.90. The van der Waals surface area contributed by atoms with E-state index < -0.39 is 12.1 Å². The van der Waals surface area contributed by atoms with Crippen LogP contribution in [0, 0.1) is 0 Å². The number of nitrogens with zero attached hydrogens (tertiary/aromatic N) is 2. The number of carbonyl (C=O) groups excluding carboxylic acids is 2. The number of benzene rings is 2. The largest absolute Gasteiger partial charge is 0.454 e. The van der Waals surface area contributed by atoms with E-state index in [0.29, 0.717) is 17.9 Å². The zero-order valence-corrected chi connectivity index (χ0v) is 15.8. The van der Waals surface area contributed by atoms with Crippen LogP contribution in [0.4, 0.5) is 0 Å². The number of hydrogen-bond donors (Lipinski definition) is 1. The van der Waals surface area contributed by atoms with Gasteiger partial charge in [0.15, 0.2) is 11.5 Å². The van der Waals surface area contributed by atoms with E-state index in [1.807, 2.05) is 36.4 Å². The molecule has 29 heavy (non-hydrogen) atoms. The van der Waals surface area contributed by atoms with Crippen molar-refractivity contribution in [3.63, 3.8) is 0 Å². The number of ether oxygens (including phenoxy) is 2. The Morgan fingerprint density at radius 2 is 1.93 bits per heavy atom. The third kappa shape index (κ3) is 2.18. The Balaban J connectivity index is 1.63. The van der Waals surface area contributed by atoms with Crippen LogP contribution in [0.25, 0.3) is 10.9 Å². The first-order chi connectivity index (χ1) is 14.1. The summed E-state index contributed by atoms with van der Waals surface area (Å²) in [5, 5.41) is 1.09. The first kappa shape index (κ1) is 16.5. The van der Waals surface area contributed by atoms with Gasteiger partial charge in [0, 0.05) is 35.6 Å². The molecule has 3 aliphatic rings. The molecular formula is C22H19N3O4. The molecule has 2 aromatic carbocycles. The van der Waals surface area contributed by atoms with E-state index in [2.05, 4.69) is 11.1 Å². The number of piperazine rings is 1. The van der Waals surface area contributed by atoms with Crippen LogP contribution in [-0.4, -0.2) is 53.0 Å². The van der Waals surface area contributed by atoms with Gasteiger partial charge in [-0.15, -0.1) is 0 Å². The number of aromatic nitrogens is 1. The molecule has 1 N–H and O–H groups in total. The van der Waals surface area contributed by atoms with Crippen LogP contribution < -0.4 is 9.47 Å². The zero-order valence-electron chi connectivity index (χ0n) is 15.8. The van der Waals surface area contributed by atoms with E-state index in [0.717, 1.165) is 27.7 Å². The molecule has 2 atom stereocenters. The van der Waals surface area contributed by atoms with Crippen LogP contribution >= 0.6 is 0 Å². The number of nitrogens with one attached hydrogen (secondary N) is 1. The minimum absolute atomic E-state index is 0.0322. The molecule has 0 aliphatic carbocycles. The summed E-state index contributed by atoms with van der Waals surface area (Å²) >= 11 is 0. The summed E-state index contributed by atoms with van der Waals surface area (Å²) in [5.41, 5.74) is 3.86. The van der Waals surface area contributed by atoms with E-state index in [-0.39, 0.29) is 25.2 Å². The van der Waals surface area contributed by atoms with Gasteiger partial charge in [-0.25, -0.2) is 0 Å². The topological polar surface area (TPSA) is 74.9 Å². The van der Waals surface area contributed by atoms with Crippen molar-refractivity contribution in [3.05, 3.63) is 59.3 Å². The van der Waals surface area contributed by atoms with Crippen molar-refractivity contribution < 1.29 is 19.1 Å². The number of para-hydroxylation sites is 2. The minimum Gasteiger partial charge on any atom is -0.454 e. The van der Waals surface area contributed by atoms with Crippen LogP contribution in [0.3, 0.4) is 0 Å². The van der Waals surface area contributed by atoms with E-state index in [9.17, 15) is 9.59 Å². The van der Waals surface area contributed by atoms with Crippen molar-refractivity contribution >= 4 is 22.7 Å². The number of carbonyl (C=O) groups is 2. The maximum absolute atomic E-state index is 13.1. The Hall–Kier alpha value is -3.48. The predicted octanol–water partition coefficient (Wildman–Crippen LogP) is 2.21. The molecule has 3 aromatic rings. The van der Waals surface area contributed by atoms with Crippen molar-refractivity contribution in [2.75, 3.05) is 20.4 Å². The van der Waals surface area contributed by atoms with Crippen molar-refractivity contribution in [2.24, 2.45) is 0 Å². The molecule has 1 fully saturated rings. The molecule has 7 heteroatoms. The standard InChI is InChI=1S/C22H19N3O4/c1-24-10-18(26)25-16(22(24)27)9-14-12-5-2-3-7-15(12)23-19(14)20(25)13-6-4-8-17-21(13)29-11-28-17/h2-8,16,20,23H,9-11H2,1H3/t16-,20-/m0/s1. The lowest BCUT2D eigenvalue weighted by Gasteiger charge is -2.46. The lowest BCUT2D eigenvalue weighted by atomic mass is 9.86. The summed E-state index contributed by atoms with van der Waals surface area (Å²) in [6, 6.07) is 12.8. The average Bonchev–Trinajstić information content (AvgIpc) is 3.35. The molecule has 2 amide bonds. The van der Waals surface area contributed by atoms with Crippen molar-refractivity contribution in [2.45, 2.75) is 18.5 Å². The second kappa shape index (κ2) is 5.76. The summed E-state index contributed by atoms with van der Waals surface area (Å²) in [4.78, 5) is 33.0. The highest BCUT2D eigenvalue weighted by molar-refractivity contribution is 5.97. The maximum Gasteiger partial charge on any atom is 0.245 e. The summed E-state index contributed by atoms with van der Waals surface area (Å²) in [7, 11) is 1.69. The number of likely N-dealkylation sites (N-methyl/N-ethyl adjacent to an activating group) is 1. The molecule has 0 spiro atoms. The van der Waals surface area contributed by atoms with E-state index in [4.69, 9.17) is 9.47 Å². The smallest absolute Gasteiger partial charge is 0.245 e. The molecular weight excluding hydrogens is 370 g/mol. The Morgan fingerprint density at radius 1 is 1.07 bits per heavy atom. The number of rotatable bonds is 1. The molecule has 0 unspecified atom stereocenters. The molecule has 1 saturated heterocycles. The summed E-state index contributed by atoms with van der Waals surface area (Å²) in [6.07, 6.45) is 0.497. The van der Waals surface area contributed by atoms with Crippen LogP contribution in [-0.2, 0) is 16.0 Å². The van der Waals surface area contributed by atoms with Gasteiger partial charge in [0.05, 0.1) is 6.54 Å².